The van der Waals surface area contributed by atoms with Crippen molar-refractivity contribution in [3.8, 4) is 0 Å². The van der Waals surface area contributed by atoms with Crippen molar-refractivity contribution in [3.63, 3.8) is 0 Å². The first-order valence-electron chi connectivity index (χ1n) is 4.74. The van der Waals surface area contributed by atoms with E-state index in [0.29, 0.717) is 12.4 Å². The SMILES string of the molecule is NCN(c1ccccc1)C1NC(=O)CS1. The zero-order chi connectivity index (χ0) is 10.7. The smallest absolute Gasteiger partial charge is 0.232 e. The van der Waals surface area contributed by atoms with Gasteiger partial charge in [0.25, 0.3) is 0 Å². The first kappa shape index (κ1) is 10.3. The maximum absolute atomic E-state index is 11.1. The summed E-state index contributed by atoms with van der Waals surface area (Å²) in [5.41, 5.74) is 6.68. The van der Waals surface area contributed by atoms with E-state index in [1.54, 1.807) is 11.8 Å². The molecule has 0 bridgehead atoms. The number of anilines is 1. The minimum absolute atomic E-state index is 0.0371. The number of hydrogen-bond donors (Lipinski definition) is 2. The lowest BCUT2D eigenvalue weighted by Crippen LogP contribution is -2.44. The van der Waals surface area contributed by atoms with Crippen molar-refractivity contribution in [3.05, 3.63) is 30.3 Å². The standard InChI is InChI=1S/C10H13N3OS/c11-7-13(8-4-2-1-3-5-8)10-12-9(14)6-15-10/h1-5,10H,6-7,11H2,(H,12,14). The van der Waals surface area contributed by atoms with Crippen LogP contribution >= 0.6 is 11.8 Å². The number of nitrogens with two attached hydrogens (primary N) is 1. The lowest BCUT2D eigenvalue weighted by molar-refractivity contribution is -0.118. The average Bonchev–Trinajstić information content (AvgIpc) is 2.68. The van der Waals surface area contributed by atoms with Gasteiger partial charge in [0.05, 0.1) is 12.4 Å². The first-order valence-corrected chi connectivity index (χ1v) is 5.79. The molecule has 1 amide bonds. The third-order valence-corrected chi connectivity index (χ3v) is 3.34. The number of thioether (sulfide) groups is 1. The van der Waals surface area contributed by atoms with Gasteiger partial charge in [-0.2, -0.15) is 0 Å². The van der Waals surface area contributed by atoms with Crippen LogP contribution in [0.2, 0.25) is 0 Å². The molecule has 1 fully saturated rings. The van der Waals surface area contributed by atoms with E-state index in [0.717, 1.165) is 5.69 Å². The fourth-order valence-electron chi connectivity index (χ4n) is 1.50. The molecular formula is C10H13N3OS. The number of nitrogens with zero attached hydrogens (tertiary/aromatic N) is 1. The molecule has 4 nitrogen and oxygen atoms in total. The Morgan fingerprint density at radius 3 is 2.73 bits per heavy atom. The lowest BCUT2D eigenvalue weighted by atomic mass is 10.3. The molecule has 0 aromatic heterocycles. The highest BCUT2D eigenvalue weighted by molar-refractivity contribution is 8.01. The Morgan fingerprint density at radius 2 is 2.20 bits per heavy atom. The van der Waals surface area contributed by atoms with Crippen LogP contribution in [-0.4, -0.2) is 23.8 Å². The average molecular weight is 223 g/mol. The zero-order valence-electron chi connectivity index (χ0n) is 8.22. The van der Waals surface area contributed by atoms with Crippen LogP contribution in [0.1, 0.15) is 0 Å². The van der Waals surface area contributed by atoms with Crippen LogP contribution < -0.4 is 16.0 Å². The molecule has 1 aromatic rings. The van der Waals surface area contributed by atoms with Gasteiger partial charge in [-0.15, -0.1) is 11.8 Å². The fourth-order valence-corrected chi connectivity index (χ4v) is 2.49. The van der Waals surface area contributed by atoms with Crippen molar-refractivity contribution >= 4 is 23.4 Å². The molecule has 1 atom stereocenters. The van der Waals surface area contributed by atoms with E-state index in [2.05, 4.69) is 5.32 Å². The molecule has 1 aromatic carbocycles. The van der Waals surface area contributed by atoms with Crippen LogP contribution in [0, 0.1) is 0 Å². The summed E-state index contributed by atoms with van der Waals surface area (Å²) in [5.74, 6) is 0.577. The summed E-state index contributed by atoms with van der Waals surface area (Å²) < 4.78 is 0. The summed E-state index contributed by atoms with van der Waals surface area (Å²) in [6, 6.07) is 9.84. The normalized spacial score (nSPS) is 20.1. The predicted molar refractivity (Wildman–Crippen MR) is 62.4 cm³/mol. The molecule has 1 heterocycles. The van der Waals surface area contributed by atoms with E-state index in [1.165, 1.54) is 0 Å². The molecular weight excluding hydrogens is 210 g/mol. The number of carbonyl (C=O) groups is 1. The van der Waals surface area contributed by atoms with Gasteiger partial charge in [0.2, 0.25) is 5.91 Å². The maximum Gasteiger partial charge on any atom is 0.232 e. The monoisotopic (exact) mass is 223 g/mol. The number of hydrogen-bond acceptors (Lipinski definition) is 4. The predicted octanol–water partition coefficient (Wildman–Crippen LogP) is 0.556. The minimum atomic E-state index is -0.0371. The van der Waals surface area contributed by atoms with Crippen molar-refractivity contribution in [1.82, 2.24) is 5.32 Å². The molecule has 5 heteroatoms. The molecule has 80 valence electrons. The molecule has 3 N–H and O–H groups in total. The molecule has 0 spiro atoms. The van der Waals surface area contributed by atoms with Crippen molar-refractivity contribution in [1.29, 1.82) is 0 Å². The molecule has 1 aliphatic rings. The summed E-state index contributed by atoms with van der Waals surface area (Å²) in [4.78, 5) is 13.1. The van der Waals surface area contributed by atoms with Crippen molar-refractivity contribution in [2.24, 2.45) is 5.73 Å². The largest absolute Gasteiger partial charge is 0.330 e. The number of carbonyl (C=O) groups excluding carboxylic acids is 1. The number of amides is 1. The van der Waals surface area contributed by atoms with E-state index in [9.17, 15) is 4.79 Å². The molecule has 0 saturated carbocycles. The van der Waals surface area contributed by atoms with Crippen LogP contribution in [0.5, 0.6) is 0 Å². The minimum Gasteiger partial charge on any atom is -0.330 e. The van der Waals surface area contributed by atoms with Gasteiger partial charge in [-0.1, -0.05) is 18.2 Å². The summed E-state index contributed by atoms with van der Waals surface area (Å²) in [5, 5.41) is 2.87. The highest BCUT2D eigenvalue weighted by Crippen LogP contribution is 2.23. The van der Waals surface area contributed by atoms with Crippen molar-refractivity contribution in [2.45, 2.75) is 5.50 Å². The van der Waals surface area contributed by atoms with Crippen molar-refractivity contribution < 1.29 is 4.79 Å². The molecule has 0 aliphatic carbocycles. The maximum atomic E-state index is 11.1. The number of nitrogens with one attached hydrogen (secondary N) is 1. The van der Waals surface area contributed by atoms with E-state index in [-0.39, 0.29) is 11.4 Å². The highest BCUT2D eigenvalue weighted by Gasteiger charge is 2.26. The van der Waals surface area contributed by atoms with Crippen molar-refractivity contribution in [2.75, 3.05) is 17.3 Å². The van der Waals surface area contributed by atoms with Gasteiger partial charge in [-0.3, -0.25) is 4.79 Å². The molecule has 0 radical (unpaired) electrons. The van der Waals surface area contributed by atoms with Gasteiger partial charge < -0.3 is 16.0 Å². The van der Waals surface area contributed by atoms with Crippen LogP contribution in [-0.2, 0) is 4.79 Å². The van der Waals surface area contributed by atoms with Gasteiger partial charge in [-0.25, -0.2) is 0 Å². The second kappa shape index (κ2) is 4.55. The van der Waals surface area contributed by atoms with Gasteiger partial charge in [-0.05, 0) is 12.1 Å². The van der Waals surface area contributed by atoms with Crippen LogP contribution in [0.3, 0.4) is 0 Å². The highest BCUT2D eigenvalue weighted by atomic mass is 32.2. The Labute approximate surface area is 92.8 Å². The molecule has 2 rings (SSSR count). The van der Waals surface area contributed by atoms with E-state index >= 15 is 0 Å². The third-order valence-electron chi connectivity index (χ3n) is 2.22. The third kappa shape index (κ3) is 2.24. The second-order valence-corrected chi connectivity index (χ2v) is 4.29. The Hall–Kier alpha value is -1.20. The summed E-state index contributed by atoms with van der Waals surface area (Å²) >= 11 is 1.56. The Kier molecular flexibility index (Phi) is 3.13. The van der Waals surface area contributed by atoms with E-state index < -0.39 is 0 Å². The molecule has 1 aliphatic heterocycles. The Morgan fingerprint density at radius 1 is 1.47 bits per heavy atom. The second-order valence-electron chi connectivity index (χ2n) is 3.22. The molecule has 15 heavy (non-hydrogen) atoms. The topological polar surface area (TPSA) is 58.4 Å². The number of benzene rings is 1. The Balaban J connectivity index is 2.14. The zero-order valence-corrected chi connectivity index (χ0v) is 9.04. The van der Waals surface area contributed by atoms with Gasteiger partial charge in [0.1, 0.15) is 0 Å². The lowest BCUT2D eigenvalue weighted by Gasteiger charge is -2.28. The Bertz CT molecular complexity index is 344. The number of rotatable bonds is 3. The van der Waals surface area contributed by atoms with Crippen LogP contribution in [0.15, 0.2) is 30.3 Å². The molecule has 1 saturated heterocycles. The first-order chi connectivity index (χ1) is 7.31. The van der Waals surface area contributed by atoms with Crippen LogP contribution in [0.25, 0.3) is 0 Å². The summed E-state index contributed by atoms with van der Waals surface area (Å²) in [6.07, 6.45) is 0. The van der Waals surface area contributed by atoms with Gasteiger partial charge in [0, 0.05) is 5.69 Å². The quantitative estimate of drug-likeness (QED) is 0.735. The van der Waals surface area contributed by atoms with E-state index in [1.807, 2.05) is 35.2 Å². The summed E-state index contributed by atoms with van der Waals surface area (Å²) in [6.45, 7) is 0.391. The van der Waals surface area contributed by atoms with Gasteiger partial charge >= 0.3 is 0 Å². The number of para-hydroxylation sites is 1. The summed E-state index contributed by atoms with van der Waals surface area (Å²) in [7, 11) is 0. The molecule has 1 unspecified atom stereocenters. The van der Waals surface area contributed by atoms with Gasteiger partial charge in [0.15, 0.2) is 5.50 Å². The van der Waals surface area contributed by atoms with E-state index in [4.69, 9.17) is 5.73 Å². The fraction of sp³-hybridized carbons (Fsp3) is 0.300. The van der Waals surface area contributed by atoms with Crippen LogP contribution in [0.4, 0.5) is 5.69 Å².